The topological polar surface area (TPSA) is 17.1 Å². The van der Waals surface area contributed by atoms with E-state index in [1.807, 2.05) is 0 Å². The predicted molar refractivity (Wildman–Crippen MR) is 69.3 cm³/mol. The third-order valence-electron chi connectivity index (χ3n) is 3.38. The second-order valence-corrected chi connectivity index (χ2v) is 4.89. The minimum atomic E-state index is 0.232. The lowest BCUT2D eigenvalue weighted by atomic mass is 9.87. The van der Waals surface area contributed by atoms with Crippen LogP contribution in [0.3, 0.4) is 0 Å². The first-order chi connectivity index (χ1) is 7.50. The Kier molecular flexibility index (Phi) is 4.72. The van der Waals surface area contributed by atoms with Gasteiger partial charge in [0.25, 0.3) is 0 Å². The molecule has 1 rings (SSSR count). The van der Waals surface area contributed by atoms with Gasteiger partial charge in [-0.2, -0.15) is 0 Å². The Balaban J connectivity index is 2.78. The number of hydrogen-bond acceptors (Lipinski definition) is 1. The van der Waals surface area contributed by atoms with Crippen LogP contribution in [0, 0.1) is 5.92 Å². The van der Waals surface area contributed by atoms with Crippen LogP contribution in [-0.2, 0) is 4.79 Å². The highest BCUT2D eigenvalue weighted by Gasteiger charge is 2.14. The molecule has 1 aliphatic rings. The van der Waals surface area contributed by atoms with Crippen LogP contribution in [0.2, 0.25) is 0 Å². The van der Waals surface area contributed by atoms with Gasteiger partial charge in [0.15, 0.2) is 5.78 Å². The standard InChI is InChI=1S/C15H22O/c1-11(2)14-8-5-12(3)6-10-15(16)13(4)7-9-14/h5,14H,1,4,6-10H2,2-3H3. The molecule has 0 aromatic rings. The number of Topliss-reactive ketones (excluding diaryl/α,β-unsaturated/α-hetero) is 1. The summed E-state index contributed by atoms with van der Waals surface area (Å²) in [5, 5.41) is 0. The van der Waals surface area contributed by atoms with Crippen molar-refractivity contribution in [1.29, 1.82) is 0 Å². The number of carbonyl (C=O) groups is 1. The van der Waals surface area contributed by atoms with E-state index >= 15 is 0 Å². The van der Waals surface area contributed by atoms with Crippen LogP contribution in [0.4, 0.5) is 0 Å². The molecule has 0 bridgehead atoms. The van der Waals surface area contributed by atoms with Crippen molar-refractivity contribution in [2.75, 3.05) is 0 Å². The van der Waals surface area contributed by atoms with Gasteiger partial charge in [-0.15, -0.1) is 0 Å². The lowest BCUT2D eigenvalue weighted by Crippen LogP contribution is -2.08. The summed E-state index contributed by atoms with van der Waals surface area (Å²) >= 11 is 0. The molecule has 1 aliphatic carbocycles. The molecule has 0 amide bonds. The van der Waals surface area contributed by atoms with Crippen LogP contribution in [0.15, 0.2) is 36.0 Å². The molecule has 1 atom stereocenters. The van der Waals surface area contributed by atoms with Crippen LogP contribution < -0.4 is 0 Å². The summed E-state index contributed by atoms with van der Waals surface area (Å²) in [5.74, 6) is 0.729. The fraction of sp³-hybridized carbons (Fsp3) is 0.533. The molecule has 0 N–H and O–H groups in total. The first-order valence-electron chi connectivity index (χ1n) is 6.02. The fourth-order valence-corrected chi connectivity index (χ4v) is 1.99. The van der Waals surface area contributed by atoms with Crippen molar-refractivity contribution in [3.05, 3.63) is 36.0 Å². The minimum Gasteiger partial charge on any atom is -0.295 e. The molecular weight excluding hydrogens is 196 g/mol. The largest absolute Gasteiger partial charge is 0.295 e. The van der Waals surface area contributed by atoms with E-state index in [1.165, 1.54) is 11.1 Å². The fourth-order valence-electron chi connectivity index (χ4n) is 1.99. The summed E-state index contributed by atoms with van der Waals surface area (Å²) in [7, 11) is 0. The second-order valence-electron chi connectivity index (χ2n) is 4.89. The number of ketones is 1. The zero-order valence-corrected chi connectivity index (χ0v) is 10.5. The van der Waals surface area contributed by atoms with E-state index in [4.69, 9.17) is 0 Å². The summed E-state index contributed by atoms with van der Waals surface area (Å²) in [6.45, 7) is 12.1. The van der Waals surface area contributed by atoms with Gasteiger partial charge in [0.05, 0.1) is 0 Å². The molecule has 0 radical (unpaired) electrons. The summed E-state index contributed by atoms with van der Waals surface area (Å²) in [6.07, 6.45) is 6.65. The summed E-state index contributed by atoms with van der Waals surface area (Å²) in [4.78, 5) is 11.7. The third kappa shape index (κ3) is 3.80. The van der Waals surface area contributed by atoms with Crippen LogP contribution in [0.25, 0.3) is 0 Å². The van der Waals surface area contributed by atoms with Gasteiger partial charge in [-0.05, 0) is 51.0 Å². The Labute approximate surface area is 98.9 Å². The molecule has 0 heterocycles. The van der Waals surface area contributed by atoms with Crippen molar-refractivity contribution < 1.29 is 4.79 Å². The van der Waals surface area contributed by atoms with Gasteiger partial charge in [-0.1, -0.05) is 30.4 Å². The van der Waals surface area contributed by atoms with Gasteiger partial charge in [0.2, 0.25) is 0 Å². The SMILES string of the molecule is C=C1CCC(C(=C)C)CC=C(C)CCC1=O. The molecule has 16 heavy (non-hydrogen) atoms. The molecule has 0 spiro atoms. The minimum absolute atomic E-state index is 0.232. The van der Waals surface area contributed by atoms with E-state index in [9.17, 15) is 4.79 Å². The first kappa shape index (κ1) is 13.0. The smallest absolute Gasteiger partial charge is 0.158 e. The molecule has 0 aromatic heterocycles. The molecule has 0 fully saturated rings. The van der Waals surface area contributed by atoms with E-state index in [0.717, 1.165) is 31.3 Å². The van der Waals surface area contributed by atoms with Crippen molar-refractivity contribution in [1.82, 2.24) is 0 Å². The Morgan fingerprint density at radius 2 is 2.06 bits per heavy atom. The van der Waals surface area contributed by atoms with Gasteiger partial charge in [0.1, 0.15) is 0 Å². The molecular formula is C15H22O. The lowest BCUT2D eigenvalue weighted by Gasteiger charge is -2.17. The van der Waals surface area contributed by atoms with E-state index < -0.39 is 0 Å². The number of carbonyl (C=O) groups excluding carboxylic acids is 1. The van der Waals surface area contributed by atoms with E-state index in [2.05, 4.69) is 33.1 Å². The van der Waals surface area contributed by atoms with Gasteiger partial charge in [-0.3, -0.25) is 4.79 Å². The Morgan fingerprint density at radius 3 is 2.69 bits per heavy atom. The summed E-state index contributed by atoms with van der Waals surface area (Å²) < 4.78 is 0. The van der Waals surface area contributed by atoms with E-state index in [1.54, 1.807) is 0 Å². The zero-order chi connectivity index (χ0) is 12.1. The van der Waals surface area contributed by atoms with Crippen LogP contribution in [-0.4, -0.2) is 5.78 Å². The first-order valence-corrected chi connectivity index (χ1v) is 6.02. The van der Waals surface area contributed by atoms with Gasteiger partial charge < -0.3 is 0 Å². The predicted octanol–water partition coefficient (Wildman–Crippen LogP) is 4.21. The number of allylic oxidation sites excluding steroid dienone is 4. The van der Waals surface area contributed by atoms with Crippen molar-refractivity contribution in [3.63, 3.8) is 0 Å². The molecule has 1 heteroatoms. The van der Waals surface area contributed by atoms with Crippen molar-refractivity contribution in [2.24, 2.45) is 5.92 Å². The average molecular weight is 218 g/mol. The molecule has 0 aromatic carbocycles. The lowest BCUT2D eigenvalue weighted by molar-refractivity contribution is -0.115. The van der Waals surface area contributed by atoms with Crippen LogP contribution in [0.1, 0.15) is 46.0 Å². The van der Waals surface area contributed by atoms with Crippen LogP contribution in [0.5, 0.6) is 0 Å². The van der Waals surface area contributed by atoms with Gasteiger partial charge >= 0.3 is 0 Å². The number of hydrogen-bond donors (Lipinski definition) is 0. The van der Waals surface area contributed by atoms with Gasteiger partial charge in [0, 0.05) is 6.42 Å². The van der Waals surface area contributed by atoms with Gasteiger partial charge in [-0.25, -0.2) is 0 Å². The molecule has 0 saturated heterocycles. The monoisotopic (exact) mass is 218 g/mol. The molecule has 1 unspecified atom stereocenters. The molecule has 88 valence electrons. The average Bonchev–Trinajstić information content (AvgIpc) is 2.23. The highest BCUT2D eigenvalue weighted by atomic mass is 16.1. The maximum atomic E-state index is 11.7. The van der Waals surface area contributed by atoms with Crippen LogP contribution >= 0.6 is 0 Å². The Hall–Kier alpha value is -1.11. The zero-order valence-electron chi connectivity index (χ0n) is 10.5. The highest BCUT2D eigenvalue weighted by molar-refractivity contribution is 5.94. The van der Waals surface area contributed by atoms with Crippen molar-refractivity contribution >= 4 is 5.78 Å². The van der Waals surface area contributed by atoms with Crippen molar-refractivity contribution in [3.8, 4) is 0 Å². The summed E-state index contributed by atoms with van der Waals surface area (Å²) in [6, 6.07) is 0. The Bertz CT molecular complexity index is 333. The third-order valence-corrected chi connectivity index (χ3v) is 3.38. The highest BCUT2D eigenvalue weighted by Crippen LogP contribution is 2.25. The maximum Gasteiger partial charge on any atom is 0.158 e. The molecule has 1 nitrogen and oxygen atoms in total. The quantitative estimate of drug-likeness (QED) is 0.476. The number of rotatable bonds is 1. The normalized spacial score (nSPS) is 23.9. The summed E-state index contributed by atoms with van der Waals surface area (Å²) in [5.41, 5.74) is 3.32. The molecule has 0 aliphatic heterocycles. The van der Waals surface area contributed by atoms with E-state index in [-0.39, 0.29) is 5.78 Å². The van der Waals surface area contributed by atoms with Crippen molar-refractivity contribution in [2.45, 2.75) is 46.0 Å². The Morgan fingerprint density at radius 1 is 1.38 bits per heavy atom. The maximum absolute atomic E-state index is 11.7. The second kappa shape index (κ2) is 5.83. The van der Waals surface area contributed by atoms with E-state index in [0.29, 0.717) is 12.3 Å². The molecule has 0 saturated carbocycles.